The van der Waals surface area contributed by atoms with E-state index in [1.807, 2.05) is 12.2 Å². The van der Waals surface area contributed by atoms with Crippen LogP contribution in [0.1, 0.15) is 101 Å². The van der Waals surface area contributed by atoms with Crippen LogP contribution in [0.15, 0.2) is 30.4 Å². The van der Waals surface area contributed by atoms with E-state index in [4.69, 9.17) is 18.9 Å². The Morgan fingerprint density at radius 3 is 2.48 bits per heavy atom. The van der Waals surface area contributed by atoms with Crippen LogP contribution in [0, 0.1) is 0 Å². The Balaban J connectivity index is 1.41. The van der Waals surface area contributed by atoms with Crippen molar-refractivity contribution in [3.05, 3.63) is 63.7 Å². The Morgan fingerprint density at radius 2 is 1.79 bits per heavy atom. The second-order valence-corrected chi connectivity index (χ2v) is 13.8. The Morgan fingerprint density at radius 1 is 1.04 bits per heavy atom. The van der Waals surface area contributed by atoms with Crippen LogP contribution in [0.2, 0.25) is 0 Å². The standard InChI is InChI=1S/C38H43NO13/c1-19(40)9-7-12-26(42)50-18-25(41)38(48)14-13-22-29(37(38)52-27-17-23(32(43)20(2)51-27)39-15-5-4-6-16-39)36(47)31-30(34(22)45)33(44)21-10-8-11-24(49-3)28(21)35(31)46/h4-5,8,10-11,20,23,27,32,37,43,45,47-48H,6-7,9,12-18H2,1-3H3/t20?,23?,27?,32?,37-,38-/m0/s1. The van der Waals surface area contributed by atoms with Gasteiger partial charge in [0.25, 0.3) is 0 Å². The van der Waals surface area contributed by atoms with Crippen LogP contribution in [-0.2, 0) is 35.0 Å². The summed E-state index contributed by atoms with van der Waals surface area (Å²) in [5.41, 5.74) is -3.96. The number of carbonyl (C=O) groups is 5. The van der Waals surface area contributed by atoms with E-state index >= 15 is 0 Å². The molecule has 2 aliphatic heterocycles. The fourth-order valence-corrected chi connectivity index (χ4v) is 7.72. The maximum absolute atomic E-state index is 14.1. The summed E-state index contributed by atoms with van der Waals surface area (Å²) < 4.78 is 23.0. The van der Waals surface area contributed by atoms with Gasteiger partial charge in [0.1, 0.15) is 29.1 Å². The molecule has 0 bridgehead atoms. The Hall–Kier alpha value is -4.47. The minimum atomic E-state index is -2.49. The summed E-state index contributed by atoms with van der Waals surface area (Å²) in [6.07, 6.45) is -0.185. The number of phenolic OH excluding ortho intramolecular Hbond substituents is 2. The molecule has 2 heterocycles. The van der Waals surface area contributed by atoms with Crippen molar-refractivity contribution in [3.8, 4) is 17.2 Å². The number of nitrogens with zero attached hydrogens (tertiary/aromatic N) is 1. The van der Waals surface area contributed by atoms with Crippen LogP contribution in [0.25, 0.3) is 0 Å². The van der Waals surface area contributed by atoms with E-state index in [1.165, 1.54) is 32.2 Å². The number of hydrogen-bond acceptors (Lipinski definition) is 14. The summed E-state index contributed by atoms with van der Waals surface area (Å²) in [4.78, 5) is 67.6. The molecular formula is C38H43NO13. The minimum Gasteiger partial charge on any atom is -0.507 e. The molecule has 4 N–H and O–H groups in total. The number of aliphatic hydroxyl groups excluding tert-OH is 1. The molecule has 4 unspecified atom stereocenters. The molecule has 278 valence electrons. The van der Waals surface area contributed by atoms with Gasteiger partial charge < -0.3 is 44.2 Å². The van der Waals surface area contributed by atoms with Gasteiger partial charge in [0.05, 0.1) is 36.0 Å². The van der Waals surface area contributed by atoms with Gasteiger partial charge in [-0.05, 0) is 45.6 Å². The summed E-state index contributed by atoms with van der Waals surface area (Å²) in [6, 6.07) is 3.95. The van der Waals surface area contributed by atoms with E-state index in [-0.39, 0.29) is 65.9 Å². The van der Waals surface area contributed by atoms with Crippen LogP contribution in [0.4, 0.5) is 0 Å². The van der Waals surface area contributed by atoms with E-state index in [9.17, 15) is 44.4 Å². The lowest BCUT2D eigenvalue weighted by Crippen LogP contribution is -2.57. The first-order valence-electron chi connectivity index (χ1n) is 17.4. The van der Waals surface area contributed by atoms with Crippen LogP contribution in [0.3, 0.4) is 0 Å². The van der Waals surface area contributed by atoms with Crippen LogP contribution < -0.4 is 4.74 Å². The number of benzene rings is 2. The molecule has 6 atom stereocenters. The van der Waals surface area contributed by atoms with Crippen molar-refractivity contribution < 1.29 is 63.3 Å². The fraction of sp³-hybridized carbons (Fsp3) is 0.500. The normalized spacial score (nSPS) is 27.0. The number of aliphatic hydroxyl groups is 2. The van der Waals surface area contributed by atoms with Gasteiger partial charge in [-0.2, -0.15) is 0 Å². The van der Waals surface area contributed by atoms with Crippen molar-refractivity contribution in [2.24, 2.45) is 0 Å². The van der Waals surface area contributed by atoms with Gasteiger partial charge in [-0.3, -0.25) is 24.1 Å². The predicted octanol–water partition coefficient (Wildman–Crippen LogP) is 2.61. The number of esters is 1. The molecule has 0 amide bonds. The van der Waals surface area contributed by atoms with Gasteiger partial charge in [0.2, 0.25) is 11.6 Å². The zero-order chi connectivity index (χ0) is 37.5. The van der Waals surface area contributed by atoms with Crippen molar-refractivity contribution in [1.82, 2.24) is 4.90 Å². The number of ether oxygens (including phenoxy) is 4. The average Bonchev–Trinajstić information content (AvgIpc) is 3.13. The number of phenols is 2. The molecule has 52 heavy (non-hydrogen) atoms. The molecular weight excluding hydrogens is 678 g/mol. The Kier molecular flexibility index (Phi) is 10.7. The molecule has 4 aliphatic rings. The third kappa shape index (κ3) is 6.65. The number of aromatic hydroxyl groups is 2. The number of fused-ring (bicyclic) bond motifs is 3. The van der Waals surface area contributed by atoms with Crippen LogP contribution in [0.5, 0.6) is 17.2 Å². The van der Waals surface area contributed by atoms with Gasteiger partial charge in [-0.25, -0.2) is 0 Å². The fourth-order valence-electron chi connectivity index (χ4n) is 7.72. The molecule has 14 nitrogen and oxygen atoms in total. The molecule has 6 rings (SSSR count). The lowest BCUT2D eigenvalue weighted by Gasteiger charge is -2.47. The third-order valence-electron chi connectivity index (χ3n) is 10.5. The van der Waals surface area contributed by atoms with E-state index in [2.05, 4.69) is 4.90 Å². The minimum absolute atomic E-state index is 0.0194. The quantitative estimate of drug-likeness (QED) is 0.128. The SMILES string of the molecule is COc1cccc2c1C(=O)c1c(O)c3c(c(O)c1C2=O)CC[C@](O)(C(=O)COC(=O)CCCC(C)=O)[C@H]3OC1CC(N2CC=CCC2)C(O)C(C)O1. The maximum atomic E-state index is 14.1. The molecule has 0 aromatic heterocycles. The van der Waals surface area contributed by atoms with E-state index in [0.29, 0.717) is 13.1 Å². The van der Waals surface area contributed by atoms with E-state index < -0.39 is 95.2 Å². The van der Waals surface area contributed by atoms with Crippen LogP contribution >= 0.6 is 0 Å². The molecule has 0 spiro atoms. The summed E-state index contributed by atoms with van der Waals surface area (Å²) in [5, 5.41) is 47.0. The highest BCUT2D eigenvalue weighted by Gasteiger charge is 2.54. The van der Waals surface area contributed by atoms with Gasteiger partial charge in [0.15, 0.2) is 24.3 Å². The molecule has 2 aromatic rings. The lowest BCUT2D eigenvalue weighted by atomic mass is 9.71. The zero-order valence-corrected chi connectivity index (χ0v) is 29.3. The molecule has 1 fully saturated rings. The second-order valence-electron chi connectivity index (χ2n) is 13.8. The van der Waals surface area contributed by atoms with Crippen molar-refractivity contribution in [3.63, 3.8) is 0 Å². The van der Waals surface area contributed by atoms with Gasteiger partial charge in [-0.1, -0.05) is 24.3 Å². The first-order chi connectivity index (χ1) is 24.8. The highest BCUT2D eigenvalue weighted by molar-refractivity contribution is 6.31. The second kappa shape index (κ2) is 14.9. The van der Waals surface area contributed by atoms with Crippen molar-refractivity contribution in [2.75, 3.05) is 26.8 Å². The largest absolute Gasteiger partial charge is 0.507 e. The lowest BCUT2D eigenvalue weighted by molar-refractivity contribution is -0.274. The first kappa shape index (κ1) is 37.3. The third-order valence-corrected chi connectivity index (χ3v) is 10.5. The average molecular weight is 722 g/mol. The monoisotopic (exact) mass is 721 g/mol. The summed E-state index contributed by atoms with van der Waals surface area (Å²) in [6.45, 7) is 3.38. The topological polar surface area (TPSA) is 206 Å². The Bertz CT molecular complexity index is 1840. The van der Waals surface area contributed by atoms with E-state index in [1.54, 1.807) is 6.92 Å². The van der Waals surface area contributed by atoms with Crippen molar-refractivity contribution in [2.45, 2.75) is 95.0 Å². The number of hydrogen-bond donors (Lipinski definition) is 4. The first-order valence-corrected chi connectivity index (χ1v) is 17.4. The molecule has 1 saturated heterocycles. The summed E-state index contributed by atoms with van der Waals surface area (Å²) in [7, 11) is 1.31. The van der Waals surface area contributed by atoms with Crippen molar-refractivity contribution >= 4 is 29.1 Å². The number of carbonyl (C=O) groups excluding carboxylic acids is 5. The number of methoxy groups -OCH3 is 1. The zero-order valence-electron chi connectivity index (χ0n) is 29.3. The maximum Gasteiger partial charge on any atom is 0.306 e. The highest BCUT2D eigenvalue weighted by Crippen LogP contribution is 2.53. The highest BCUT2D eigenvalue weighted by atomic mass is 16.7. The Labute approximate surface area is 299 Å². The number of rotatable bonds is 11. The van der Waals surface area contributed by atoms with E-state index in [0.717, 1.165) is 6.42 Å². The molecule has 14 heteroatoms. The molecule has 0 radical (unpaired) electrons. The van der Waals surface area contributed by atoms with Crippen LogP contribution in [-0.4, -0.2) is 111 Å². The van der Waals surface area contributed by atoms with Gasteiger partial charge in [0, 0.05) is 55.1 Å². The number of Topliss-reactive ketones (excluding diaryl/α,β-unsaturated/α-hetero) is 2. The van der Waals surface area contributed by atoms with Gasteiger partial charge in [-0.15, -0.1) is 0 Å². The van der Waals surface area contributed by atoms with Crippen molar-refractivity contribution in [1.29, 1.82) is 0 Å². The summed E-state index contributed by atoms with van der Waals surface area (Å²) in [5.74, 6) is -4.77. The van der Waals surface area contributed by atoms with Gasteiger partial charge >= 0.3 is 5.97 Å². The molecule has 2 aromatic carbocycles. The smallest absolute Gasteiger partial charge is 0.306 e. The molecule has 0 saturated carbocycles. The number of ketones is 4. The predicted molar refractivity (Wildman–Crippen MR) is 181 cm³/mol. The molecule has 2 aliphatic carbocycles. The summed E-state index contributed by atoms with van der Waals surface area (Å²) >= 11 is 0.